The second kappa shape index (κ2) is 6.61. The molecule has 3 atom stereocenters. The minimum absolute atomic E-state index is 0.0590. The van der Waals surface area contributed by atoms with Crippen molar-refractivity contribution >= 4 is 0 Å². The van der Waals surface area contributed by atoms with E-state index >= 15 is 0 Å². The molecule has 1 aromatic rings. The molecule has 18 heavy (non-hydrogen) atoms. The van der Waals surface area contributed by atoms with E-state index in [1.165, 1.54) is 7.11 Å². The summed E-state index contributed by atoms with van der Waals surface area (Å²) < 4.78 is 5.05. The number of aliphatic hydroxyl groups excluding tert-OH is 2. The highest BCUT2D eigenvalue weighted by atomic mass is 16.5. The number of rotatable bonds is 6. The van der Waals surface area contributed by atoms with E-state index in [4.69, 9.17) is 4.74 Å². The Morgan fingerprint density at radius 1 is 1.22 bits per heavy atom. The second-order valence-electron chi connectivity index (χ2n) is 4.58. The average Bonchev–Trinajstić information content (AvgIpc) is 2.37. The fourth-order valence-electron chi connectivity index (χ4n) is 2.02. The van der Waals surface area contributed by atoms with Gasteiger partial charge < -0.3 is 20.1 Å². The van der Waals surface area contributed by atoms with Gasteiger partial charge in [-0.3, -0.25) is 0 Å². The lowest BCUT2D eigenvalue weighted by Crippen LogP contribution is -2.26. The third kappa shape index (κ3) is 3.37. The van der Waals surface area contributed by atoms with Gasteiger partial charge in [-0.05, 0) is 24.8 Å². The summed E-state index contributed by atoms with van der Waals surface area (Å²) in [5.74, 6) is 0.465. The zero-order valence-corrected chi connectivity index (χ0v) is 11.1. The van der Waals surface area contributed by atoms with Crippen molar-refractivity contribution in [3.63, 3.8) is 0 Å². The van der Waals surface area contributed by atoms with Crippen molar-refractivity contribution in [3.05, 3.63) is 23.8 Å². The van der Waals surface area contributed by atoms with Gasteiger partial charge in [-0.2, -0.15) is 0 Å². The normalized spacial score (nSPS) is 16.1. The van der Waals surface area contributed by atoms with Crippen LogP contribution < -0.4 is 4.74 Å². The largest absolute Gasteiger partial charge is 0.504 e. The molecule has 3 N–H and O–H groups in total. The van der Waals surface area contributed by atoms with Crippen molar-refractivity contribution in [3.8, 4) is 11.5 Å². The third-order valence-corrected chi connectivity index (χ3v) is 3.24. The van der Waals surface area contributed by atoms with Crippen molar-refractivity contribution in [1.29, 1.82) is 0 Å². The molecule has 0 saturated carbocycles. The summed E-state index contributed by atoms with van der Waals surface area (Å²) >= 11 is 0. The first kappa shape index (κ1) is 14.8. The van der Waals surface area contributed by atoms with Gasteiger partial charge in [0.2, 0.25) is 0 Å². The Balaban J connectivity index is 2.81. The highest BCUT2D eigenvalue weighted by Gasteiger charge is 2.21. The van der Waals surface area contributed by atoms with E-state index in [9.17, 15) is 15.3 Å². The topological polar surface area (TPSA) is 69.9 Å². The molecule has 0 amide bonds. The van der Waals surface area contributed by atoms with Gasteiger partial charge in [0.05, 0.1) is 19.3 Å². The van der Waals surface area contributed by atoms with Crippen LogP contribution in [0.15, 0.2) is 18.2 Å². The molecule has 0 aliphatic rings. The van der Waals surface area contributed by atoms with Crippen molar-refractivity contribution in [2.75, 3.05) is 7.11 Å². The minimum Gasteiger partial charge on any atom is -0.504 e. The lowest BCUT2D eigenvalue weighted by atomic mass is 9.91. The predicted octanol–water partition coefficient (Wildman–Crippen LogP) is 2.03. The van der Waals surface area contributed by atoms with Gasteiger partial charge in [0.1, 0.15) is 0 Å². The minimum atomic E-state index is -0.782. The Hall–Kier alpha value is -1.26. The van der Waals surface area contributed by atoms with Crippen LogP contribution in [0.1, 0.15) is 38.2 Å². The van der Waals surface area contributed by atoms with Crippen molar-refractivity contribution < 1.29 is 20.1 Å². The fraction of sp³-hybridized carbons (Fsp3) is 0.571. The van der Waals surface area contributed by atoms with E-state index in [1.54, 1.807) is 18.2 Å². The van der Waals surface area contributed by atoms with Crippen LogP contribution in [-0.2, 0) is 0 Å². The quantitative estimate of drug-likeness (QED) is 0.726. The van der Waals surface area contributed by atoms with Crippen molar-refractivity contribution in [1.82, 2.24) is 0 Å². The first-order valence-electron chi connectivity index (χ1n) is 6.23. The SMILES string of the molecule is CCC(O)C(O)CC(C)c1cccc(OC)c1O. The summed E-state index contributed by atoms with van der Waals surface area (Å²) in [5, 5.41) is 29.4. The van der Waals surface area contributed by atoms with Crippen molar-refractivity contribution in [2.24, 2.45) is 0 Å². The predicted molar refractivity (Wildman–Crippen MR) is 70.0 cm³/mol. The van der Waals surface area contributed by atoms with Crippen LogP contribution in [0.3, 0.4) is 0 Å². The van der Waals surface area contributed by atoms with Crippen LogP contribution >= 0.6 is 0 Å². The number of phenols is 1. The monoisotopic (exact) mass is 254 g/mol. The maximum absolute atomic E-state index is 10.00. The van der Waals surface area contributed by atoms with E-state index in [1.807, 2.05) is 13.8 Å². The highest BCUT2D eigenvalue weighted by Crippen LogP contribution is 2.36. The van der Waals surface area contributed by atoms with Crippen LogP contribution in [0, 0.1) is 0 Å². The maximum atomic E-state index is 10.00. The number of aliphatic hydroxyl groups is 2. The van der Waals surface area contributed by atoms with Gasteiger partial charge in [-0.15, -0.1) is 0 Å². The molecule has 0 aromatic heterocycles. The molecule has 1 aromatic carbocycles. The number of methoxy groups -OCH3 is 1. The average molecular weight is 254 g/mol. The van der Waals surface area contributed by atoms with Gasteiger partial charge >= 0.3 is 0 Å². The molecule has 0 spiro atoms. The van der Waals surface area contributed by atoms with E-state index in [2.05, 4.69) is 0 Å². The zero-order chi connectivity index (χ0) is 13.7. The Bertz CT molecular complexity index is 378. The molecule has 1 rings (SSSR count). The summed E-state index contributed by atoms with van der Waals surface area (Å²) in [4.78, 5) is 0. The molecular formula is C14H22O4. The van der Waals surface area contributed by atoms with Crippen LogP contribution in [0.4, 0.5) is 0 Å². The Morgan fingerprint density at radius 2 is 1.89 bits per heavy atom. The molecule has 102 valence electrons. The smallest absolute Gasteiger partial charge is 0.161 e. The van der Waals surface area contributed by atoms with E-state index in [-0.39, 0.29) is 11.7 Å². The summed E-state index contributed by atoms with van der Waals surface area (Å²) in [5.41, 5.74) is 0.719. The van der Waals surface area contributed by atoms with E-state index in [0.717, 1.165) is 5.56 Å². The Morgan fingerprint density at radius 3 is 2.44 bits per heavy atom. The number of benzene rings is 1. The molecule has 4 nitrogen and oxygen atoms in total. The molecule has 0 heterocycles. The number of hydrogen-bond acceptors (Lipinski definition) is 4. The van der Waals surface area contributed by atoms with E-state index in [0.29, 0.717) is 18.6 Å². The summed E-state index contributed by atoms with van der Waals surface area (Å²) in [6.07, 6.45) is -0.593. The first-order valence-corrected chi connectivity index (χ1v) is 6.23. The van der Waals surface area contributed by atoms with Gasteiger partial charge in [0.15, 0.2) is 11.5 Å². The van der Waals surface area contributed by atoms with Crippen molar-refractivity contribution in [2.45, 2.75) is 44.8 Å². The summed E-state index contributed by atoms with van der Waals surface area (Å²) in [7, 11) is 1.50. The van der Waals surface area contributed by atoms with Gasteiger partial charge in [-0.1, -0.05) is 26.0 Å². The third-order valence-electron chi connectivity index (χ3n) is 3.24. The highest BCUT2D eigenvalue weighted by molar-refractivity contribution is 5.46. The zero-order valence-electron chi connectivity index (χ0n) is 11.1. The number of aromatic hydroxyl groups is 1. The summed E-state index contributed by atoms with van der Waals surface area (Å²) in [6.45, 7) is 3.72. The number of phenolic OH excluding ortho intramolecular Hbond substituents is 1. The molecular weight excluding hydrogens is 232 g/mol. The van der Waals surface area contributed by atoms with Gasteiger partial charge in [0.25, 0.3) is 0 Å². The number of hydrogen-bond donors (Lipinski definition) is 3. The molecule has 0 aliphatic carbocycles. The molecule has 0 saturated heterocycles. The van der Waals surface area contributed by atoms with Gasteiger partial charge in [0, 0.05) is 5.56 Å². The van der Waals surface area contributed by atoms with Crippen LogP contribution in [-0.4, -0.2) is 34.6 Å². The molecule has 0 bridgehead atoms. The standard InChI is InChI=1S/C14H22O4/c1-4-11(15)12(16)8-9(2)10-6-5-7-13(18-3)14(10)17/h5-7,9,11-12,15-17H,4,8H2,1-3H3. The van der Waals surface area contributed by atoms with Crippen LogP contribution in [0.25, 0.3) is 0 Å². The van der Waals surface area contributed by atoms with Crippen LogP contribution in [0.2, 0.25) is 0 Å². The van der Waals surface area contributed by atoms with Gasteiger partial charge in [-0.25, -0.2) is 0 Å². The Labute approximate surface area is 108 Å². The number of ether oxygens (including phenoxy) is 1. The number of para-hydroxylation sites is 1. The summed E-state index contributed by atoms with van der Waals surface area (Å²) in [6, 6.07) is 5.28. The molecule has 0 radical (unpaired) electrons. The lowest BCUT2D eigenvalue weighted by Gasteiger charge is -2.21. The molecule has 0 fully saturated rings. The maximum Gasteiger partial charge on any atom is 0.161 e. The first-order chi connectivity index (χ1) is 8.51. The fourth-order valence-corrected chi connectivity index (χ4v) is 2.02. The lowest BCUT2D eigenvalue weighted by molar-refractivity contribution is 0.00943. The van der Waals surface area contributed by atoms with E-state index < -0.39 is 12.2 Å². The molecule has 4 heteroatoms. The molecule has 0 aliphatic heterocycles. The molecule has 3 unspecified atom stereocenters. The second-order valence-corrected chi connectivity index (χ2v) is 4.58. The van der Waals surface area contributed by atoms with Crippen LogP contribution in [0.5, 0.6) is 11.5 Å². The Kier molecular flexibility index (Phi) is 5.44.